The van der Waals surface area contributed by atoms with E-state index in [0.29, 0.717) is 42.1 Å². The number of aromatic nitrogens is 3. The maximum absolute atomic E-state index is 13.9. The van der Waals surface area contributed by atoms with Crippen LogP contribution >= 0.6 is 23.4 Å². The molecule has 3 saturated heterocycles. The first-order valence-corrected chi connectivity index (χ1v) is 17.8. The summed E-state index contributed by atoms with van der Waals surface area (Å²) in [6, 6.07) is 6.11. The summed E-state index contributed by atoms with van der Waals surface area (Å²) in [5.41, 5.74) is 0.542. The molecule has 3 fully saturated rings. The summed E-state index contributed by atoms with van der Waals surface area (Å²) < 4.78 is 14.3. The normalized spacial score (nSPS) is 39.0. The summed E-state index contributed by atoms with van der Waals surface area (Å²) in [5.74, 6) is 0.980. The van der Waals surface area contributed by atoms with Crippen molar-refractivity contribution in [3.8, 4) is 5.69 Å². The molecular weight excluding hydrogens is 630 g/mol. The molecule has 0 spiro atoms. The lowest BCUT2D eigenvalue weighted by Gasteiger charge is -2.45. The van der Waals surface area contributed by atoms with Crippen molar-refractivity contribution in [2.24, 2.45) is 23.7 Å². The van der Waals surface area contributed by atoms with Crippen LogP contribution in [0.4, 0.5) is 0 Å². The van der Waals surface area contributed by atoms with Crippen molar-refractivity contribution in [2.75, 3.05) is 13.2 Å². The highest BCUT2D eigenvalue weighted by atomic mass is 35.5. The number of fused-ring (bicyclic) bond motifs is 3. The van der Waals surface area contributed by atoms with Crippen molar-refractivity contribution < 1.29 is 29.6 Å². The molecule has 2 aromatic rings. The Hall–Kier alpha value is -2.03. The highest BCUT2D eigenvalue weighted by molar-refractivity contribution is 8.00. The quantitative estimate of drug-likeness (QED) is 0.289. The maximum atomic E-state index is 13.9. The van der Waals surface area contributed by atoms with Crippen molar-refractivity contribution in [1.82, 2.24) is 25.6 Å². The number of aliphatic hydroxyl groups is 3. The number of hydrogen-bond donors (Lipinski definition) is 5. The van der Waals surface area contributed by atoms with Crippen LogP contribution in [0.25, 0.3) is 5.69 Å². The second-order valence-corrected chi connectivity index (χ2v) is 15.4. The number of hydrogen-bond acceptors (Lipinski definition) is 10. The number of amides is 1. The molecule has 252 valence electrons. The van der Waals surface area contributed by atoms with Crippen molar-refractivity contribution in [3.63, 3.8) is 0 Å². The van der Waals surface area contributed by atoms with E-state index in [0.717, 1.165) is 24.9 Å². The minimum atomic E-state index is -1.47. The topological polar surface area (TPSA) is 151 Å². The van der Waals surface area contributed by atoms with E-state index in [-0.39, 0.29) is 29.1 Å². The zero-order valence-corrected chi connectivity index (χ0v) is 28.1. The molecule has 2 bridgehead atoms. The minimum Gasteiger partial charge on any atom is -0.388 e. The monoisotopic (exact) mass is 675 g/mol. The van der Waals surface area contributed by atoms with E-state index in [1.807, 2.05) is 37.4 Å². The zero-order chi connectivity index (χ0) is 32.5. The van der Waals surface area contributed by atoms with Crippen molar-refractivity contribution in [3.05, 3.63) is 53.3 Å². The summed E-state index contributed by atoms with van der Waals surface area (Å²) in [4.78, 5) is 13.9. The number of carbonyl (C=O) groups excluding carboxylic acids is 1. The fourth-order valence-corrected chi connectivity index (χ4v) is 8.93. The van der Waals surface area contributed by atoms with Gasteiger partial charge in [0.25, 0.3) is 0 Å². The predicted molar refractivity (Wildman–Crippen MR) is 175 cm³/mol. The Morgan fingerprint density at radius 3 is 2.83 bits per heavy atom. The van der Waals surface area contributed by atoms with Crippen LogP contribution in [0.2, 0.25) is 5.02 Å². The molecule has 13 heteroatoms. The van der Waals surface area contributed by atoms with Gasteiger partial charge in [-0.2, -0.15) is 0 Å². The van der Waals surface area contributed by atoms with E-state index < -0.39 is 41.9 Å². The van der Waals surface area contributed by atoms with Crippen LogP contribution in [0.3, 0.4) is 0 Å². The molecule has 0 radical (unpaired) electrons. The second kappa shape index (κ2) is 14.6. The molecule has 1 amide bonds. The van der Waals surface area contributed by atoms with Crippen LogP contribution in [0.5, 0.6) is 0 Å². The van der Waals surface area contributed by atoms with E-state index in [2.05, 4.69) is 34.8 Å². The average molecular weight is 676 g/mol. The Morgan fingerprint density at radius 2 is 2.04 bits per heavy atom. The van der Waals surface area contributed by atoms with Gasteiger partial charge in [0.2, 0.25) is 5.91 Å². The van der Waals surface area contributed by atoms with Crippen LogP contribution in [0.1, 0.15) is 57.4 Å². The highest BCUT2D eigenvalue weighted by Crippen LogP contribution is 2.42. The van der Waals surface area contributed by atoms with E-state index in [1.165, 1.54) is 11.8 Å². The van der Waals surface area contributed by atoms with Gasteiger partial charge < -0.3 is 35.4 Å². The third-order valence-corrected chi connectivity index (χ3v) is 11.4. The van der Waals surface area contributed by atoms with Crippen molar-refractivity contribution in [2.45, 2.75) is 99.7 Å². The fraction of sp³-hybridized carbons (Fsp3) is 0.667. The summed E-state index contributed by atoms with van der Waals surface area (Å²) >= 11 is 7.48. The average Bonchev–Trinajstić information content (AvgIpc) is 3.62. The standard InChI is InChI=1S/C33H46ClN5O6S/c1-17(2)12-19-10-11-44-30-20(13-19)15-35-26(30)32(43)36-25-18(3)6-4-9-24(46-33-29(42)27(40)28(41)31(25)45-33)23-16-39(38-37-23)22-8-5-7-21(34)14-22/h4-8,14,16-20,24-31,33,35,40-42H,9-13,15H2,1-3H3,(H,36,43)/b6-4-/t18-,19?,20?,24+,25-,26?,27+,28-,29-,30?,31-,33-/m1/s1. The largest absolute Gasteiger partial charge is 0.388 e. The highest BCUT2D eigenvalue weighted by Gasteiger charge is 2.50. The van der Waals surface area contributed by atoms with Gasteiger partial charge in [0.1, 0.15) is 35.9 Å². The van der Waals surface area contributed by atoms with Gasteiger partial charge in [0.05, 0.1) is 35.0 Å². The minimum absolute atomic E-state index is 0.215. The number of halogens is 1. The third kappa shape index (κ3) is 7.34. The van der Waals surface area contributed by atoms with Gasteiger partial charge in [-0.25, -0.2) is 4.68 Å². The van der Waals surface area contributed by atoms with Gasteiger partial charge in [-0.05, 0) is 67.6 Å². The SMILES string of the molecule is CC(C)CC1CCOC2C(CNC2C(=O)N[C@H]2[C@H]3O[C@H](S[C@H](c4cn(-c5cccc(Cl)c5)nn4)C/C=C\[C@H]2C)[C@H](O)[C@@H](O)[C@H]3O)C1. The molecule has 0 saturated carbocycles. The Bertz CT molecular complexity index is 1380. The second-order valence-electron chi connectivity index (χ2n) is 13.7. The summed E-state index contributed by atoms with van der Waals surface area (Å²) in [6.07, 6.45) is 4.14. The molecule has 1 aromatic carbocycles. The van der Waals surface area contributed by atoms with Crippen LogP contribution < -0.4 is 10.6 Å². The molecule has 0 aliphatic carbocycles. The molecule has 4 aliphatic heterocycles. The van der Waals surface area contributed by atoms with Gasteiger partial charge in [0.15, 0.2) is 0 Å². The van der Waals surface area contributed by atoms with Crippen molar-refractivity contribution >= 4 is 29.3 Å². The smallest absolute Gasteiger partial charge is 0.240 e. The molecule has 5 heterocycles. The van der Waals surface area contributed by atoms with Crippen LogP contribution in [0, 0.1) is 23.7 Å². The Kier molecular flexibility index (Phi) is 10.8. The number of carbonyl (C=O) groups is 1. The Balaban J connectivity index is 1.20. The summed E-state index contributed by atoms with van der Waals surface area (Å²) in [6.45, 7) is 7.79. The molecular formula is C33H46ClN5O6S. The van der Waals surface area contributed by atoms with E-state index in [9.17, 15) is 20.1 Å². The zero-order valence-electron chi connectivity index (χ0n) is 26.5. The molecule has 46 heavy (non-hydrogen) atoms. The predicted octanol–water partition coefficient (Wildman–Crippen LogP) is 3.01. The number of rotatable bonds is 6. The molecule has 4 aliphatic rings. The van der Waals surface area contributed by atoms with E-state index >= 15 is 0 Å². The number of ether oxygens (including phenoxy) is 2. The number of nitrogens with one attached hydrogen (secondary N) is 2. The molecule has 11 nitrogen and oxygen atoms in total. The molecule has 1 aromatic heterocycles. The molecule has 4 unspecified atom stereocenters. The lowest BCUT2D eigenvalue weighted by atomic mass is 9.85. The molecule has 5 N–H and O–H groups in total. The summed E-state index contributed by atoms with van der Waals surface area (Å²) in [5, 5.41) is 48.7. The van der Waals surface area contributed by atoms with Crippen LogP contribution in [0.15, 0.2) is 42.6 Å². The number of aliphatic hydroxyl groups excluding tert-OH is 3. The maximum Gasteiger partial charge on any atom is 0.240 e. The Morgan fingerprint density at radius 1 is 1.22 bits per heavy atom. The lowest BCUT2D eigenvalue weighted by molar-refractivity contribution is -0.207. The third-order valence-electron chi connectivity index (χ3n) is 9.79. The lowest BCUT2D eigenvalue weighted by Crippen LogP contribution is -2.65. The van der Waals surface area contributed by atoms with Crippen LogP contribution in [-0.4, -0.2) is 97.4 Å². The van der Waals surface area contributed by atoms with Gasteiger partial charge in [0, 0.05) is 18.2 Å². The first-order valence-electron chi connectivity index (χ1n) is 16.4. The van der Waals surface area contributed by atoms with Gasteiger partial charge >= 0.3 is 0 Å². The van der Waals surface area contributed by atoms with Gasteiger partial charge in [-0.3, -0.25) is 4.79 Å². The summed E-state index contributed by atoms with van der Waals surface area (Å²) in [7, 11) is 0. The number of nitrogens with zero attached hydrogens (tertiary/aromatic N) is 3. The van der Waals surface area contributed by atoms with E-state index in [4.69, 9.17) is 21.1 Å². The van der Waals surface area contributed by atoms with E-state index in [1.54, 1.807) is 16.8 Å². The number of allylic oxidation sites excluding steroid dienone is 1. The first kappa shape index (κ1) is 33.9. The molecule has 6 rings (SSSR count). The number of thioether (sulfide) groups is 1. The van der Waals surface area contributed by atoms with Crippen molar-refractivity contribution in [1.29, 1.82) is 0 Å². The van der Waals surface area contributed by atoms with Gasteiger partial charge in [-0.1, -0.05) is 55.8 Å². The Labute approximate surface area is 279 Å². The fourth-order valence-electron chi connectivity index (χ4n) is 7.44. The molecule has 12 atom stereocenters. The van der Waals surface area contributed by atoms with Gasteiger partial charge in [-0.15, -0.1) is 16.9 Å². The van der Waals surface area contributed by atoms with Crippen LogP contribution in [-0.2, 0) is 14.3 Å². The number of benzene rings is 1. The first-order chi connectivity index (χ1) is 22.1.